The van der Waals surface area contributed by atoms with Crippen molar-refractivity contribution in [2.45, 2.75) is 6.92 Å². The van der Waals surface area contributed by atoms with Gasteiger partial charge in [0.2, 0.25) is 5.82 Å². The molecular weight excluding hydrogens is 262 g/mol. The van der Waals surface area contributed by atoms with Crippen molar-refractivity contribution < 1.29 is 4.52 Å². The summed E-state index contributed by atoms with van der Waals surface area (Å²) in [5, 5.41) is 7.95. The molecule has 1 N–H and O–H groups in total. The highest BCUT2D eigenvalue weighted by molar-refractivity contribution is 7.10. The smallest absolute Gasteiger partial charge is 0.263 e. The number of aryl methyl sites for hydroxylation is 1. The maximum Gasteiger partial charge on any atom is 0.263 e. The maximum absolute atomic E-state index is 5.31. The SMILES string of the molecule is CNc1snc(C)c1-c1nc(-c2ccccn2)no1. The lowest BCUT2D eigenvalue weighted by Crippen LogP contribution is -1.89. The van der Waals surface area contributed by atoms with Gasteiger partial charge in [0.1, 0.15) is 10.7 Å². The zero-order valence-electron chi connectivity index (χ0n) is 10.4. The number of nitrogens with one attached hydrogen (secondary N) is 1. The van der Waals surface area contributed by atoms with E-state index in [9.17, 15) is 0 Å². The third-order valence-electron chi connectivity index (χ3n) is 2.62. The molecule has 19 heavy (non-hydrogen) atoms. The Morgan fingerprint density at radius 2 is 2.21 bits per heavy atom. The van der Waals surface area contributed by atoms with Gasteiger partial charge in [-0.15, -0.1) is 0 Å². The molecular formula is C12H11N5OS. The van der Waals surface area contributed by atoms with Gasteiger partial charge in [0.25, 0.3) is 5.89 Å². The molecule has 7 heteroatoms. The van der Waals surface area contributed by atoms with Crippen molar-refractivity contribution in [3.05, 3.63) is 30.1 Å². The number of pyridine rings is 1. The Hall–Kier alpha value is -2.28. The zero-order valence-corrected chi connectivity index (χ0v) is 11.2. The average Bonchev–Trinajstić information content (AvgIpc) is 3.05. The average molecular weight is 273 g/mol. The lowest BCUT2D eigenvalue weighted by Gasteiger charge is -1.96. The molecule has 0 spiro atoms. The van der Waals surface area contributed by atoms with Gasteiger partial charge in [0.15, 0.2) is 0 Å². The molecule has 3 rings (SSSR count). The highest BCUT2D eigenvalue weighted by Crippen LogP contribution is 2.33. The molecule has 0 amide bonds. The van der Waals surface area contributed by atoms with Crippen LogP contribution in [0, 0.1) is 6.92 Å². The number of hydrogen-bond donors (Lipinski definition) is 1. The standard InChI is InChI=1S/C12H11N5OS/c1-7-9(12(13-2)19-17-7)11-15-10(16-18-11)8-5-3-4-6-14-8/h3-6,13H,1-2H3. The third kappa shape index (κ3) is 2.08. The Kier molecular flexibility index (Phi) is 2.96. The number of hydrogen-bond acceptors (Lipinski definition) is 7. The highest BCUT2D eigenvalue weighted by atomic mass is 32.1. The first-order valence-corrected chi connectivity index (χ1v) is 6.46. The third-order valence-corrected chi connectivity index (χ3v) is 3.58. The van der Waals surface area contributed by atoms with E-state index in [0.29, 0.717) is 17.4 Å². The van der Waals surface area contributed by atoms with E-state index in [1.165, 1.54) is 11.5 Å². The van der Waals surface area contributed by atoms with E-state index in [0.717, 1.165) is 16.3 Å². The van der Waals surface area contributed by atoms with Crippen LogP contribution in [0.25, 0.3) is 23.0 Å². The van der Waals surface area contributed by atoms with Crippen LogP contribution in [0.3, 0.4) is 0 Å². The Balaban J connectivity index is 2.04. The van der Waals surface area contributed by atoms with E-state index in [2.05, 4.69) is 24.8 Å². The molecule has 6 nitrogen and oxygen atoms in total. The van der Waals surface area contributed by atoms with Crippen molar-refractivity contribution in [3.63, 3.8) is 0 Å². The van der Waals surface area contributed by atoms with Gasteiger partial charge in [-0.05, 0) is 30.6 Å². The summed E-state index contributed by atoms with van der Waals surface area (Å²) in [5.41, 5.74) is 2.40. The predicted molar refractivity (Wildman–Crippen MR) is 72.9 cm³/mol. The second kappa shape index (κ2) is 4.77. The predicted octanol–water partition coefficient (Wildman–Crippen LogP) is 2.61. The molecule has 0 aliphatic carbocycles. The van der Waals surface area contributed by atoms with Gasteiger partial charge in [-0.25, -0.2) is 0 Å². The molecule has 0 saturated heterocycles. The van der Waals surface area contributed by atoms with Crippen molar-refractivity contribution >= 4 is 16.5 Å². The minimum Gasteiger partial charge on any atom is -0.378 e. The lowest BCUT2D eigenvalue weighted by molar-refractivity contribution is 0.432. The molecule has 0 aromatic carbocycles. The van der Waals surface area contributed by atoms with Crippen LogP contribution < -0.4 is 5.32 Å². The van der Waals surface area contributed by atoms with E-state index in [-0.39, 0.29) is 0 Å². The second-order valence-corrected chi connectivity index (χ2v) is 4.63. The molecule has 0 fully saturated rings. The maximum atomic E-state index is 5.31. The lowest BCUT2D eigenvalue weighted by atomic mass is 10.2. The molecule has 0 saturated carbocycles. The second-order valence-electron chi connectivity index (χ2n) is 3.86. The van der Waals surface area contributed by atoms with Gasteiger partial charge in [0.05, 0.1) is 11.3 Å². The molecule has 96 valence electrons. The van der Waals surface area contributed by atoms with Crippen LogP contribution in [-0.2, 0) is 0 Å². The van der Waals surface area contributed by atoms with Crippen LogP contribution in [0.2, 0.25) is 0 Å². The first-order chi connectivity index (χ1) is 9.29. The van der Waals surface area contributed by atoms with Crippen molar-refractivity contribution in [2.24, 2.45) is 0 Å². The van der Waals surface area contributed by atoms with Crippen LogP contribution in [0.1, 0.15) is 5.69 Å². The summed E-state index contributed by atoms with van der Waals surface area (Å²) < 4.78 is 9.59. The summed E-state index contributed by atoms with van der Waals surface area (Å²) >= 11 is 1.37. The summed E-state index contributed by atoms with van der Waals surface area (Å²) in [4.78, 5) is 8.57. The van der Waals surface area contributed by atoms with Crippen molar-refractivity contribution in [1.29, 1.82) is 0 Å². The van der Waals surface area contributed by atoms with E-state index >= 15 is 0 Å². The van der Waals surface area contributed by atoms with E-state index in [1.807, 2.05) is 32.2 Å². The fraction of sp³-hybridized carbons (Fsp3) is 0.167. The van der Waals surface area contributed by atoms with Crippen LogP contribution in [0.5, 0.6) is 0 Å². The highest BCUT2D eigenvalue weighted by Gasteiger charge is 2.19. The van der Waals surface area contributed by atoms with Crippen LogP contribution in [0.15, 0.2) is 28.9 Å². The molecule has 0 bridgehead atoms. The quantitative estimate of drug-likeness (QED) is 0.790. The Morgan fingerprint density at radius 3 is 2.95 bits per heavy atom. The fourth-order valence-electron chi connectivity index (χ4n) is 1.72. The number of aromatic nitrogens is 4. The minimum absolute atomic E-state index is 0.455. The van der Waals surface area contributed by atoms with Crippen LogP contribution >= 0.6 is 11.5 Å². The summed E-state index contributed by atoms with van der Waals surface area (Å²) in [7, 11) is 1.84. The van der Waals surface area contributed by atoms with Gasteiger partial charge < -0.3 is 9.84 Å². The largest absolute Gasteiger partial charge is 0.378 e. The number of nitrogens with zero attached hydrogens (tertiary/aromatic N) is 4. The van der Waals surface area contributed by atoms with Crippen molar-refractivity contribution in [3.8, 4) is 23.0 Å². The fourth-order valence-corrected chi connectivity index (χ4v) is 2.45. The van der Waals surface area contributed by atoms with E-state index in [4.69, 9.17) is 4.52 Å². The molecule has 0 aliphatic heterocycles. The Bertz CT molecular complexity index is 691. The minimum atomic E-state index is 0.455. The Morgan fingerprint density at radius 1 is 1.32 bits per heavy atom. The molecule has 3 aromatic heterocycles. The van der Waals surface area contributed by atoms with Gasteiger partial charge >= 0.3 is 0 Å². The summed E-state index contributed by atoms with van der Waals surface area (Å²) in [6, 6.07) is 5.57. The topological polar surface area (TPSA) is 76.7 Å². The number of anilines is 1. The Labute approximate surface area is 113 Å². The molecule has 0 radical (unpaired) electrons. The summed E-state index contributed by atoms with van der Waals surface area (Å²) in [5.74, 6) is 0.930. The molecule has 3 aromatic rings. The van der Waals surface area contributed by atoms with Gasteiger partial charge in [-0.2, -0.15) is 9.36 Å². The molecule has 0 unspecified atom stereocenters. The van der Waals surface area contributed by atoms with Gasteiger partial charge in [-0.3, -0.25) is 4.98 Å². The monoisotopic (exact) mass is 273 g/mol. The first-order valence-electron chi connectivity index (χ1n) is 5.69. The summed E-state index contributed by atoms with van der Waals surface area (Å²) in [6.45, 7) is 1.91. The van der Waals surface area contributed by atoms with Crippen molar-refractivity contribution in [1.82, 2.24) is 19.5 Å². The number of rotatable bonds is 3. The van der Waals surface area contributed by atoms with Gasteiger partial charge in [0, 0.05) is 13.2 Å². The molecule has 0 aliphatic rings. The molecule has 3 heterocycles. The first kappa shape index (κ1) is 11.8. The van der Waals surface area contributed by atoms with E-state index < -0.39 is 0 Å². The van der Waals surface area contributed by atoms with E-state index in [1.54, 1.807) is 6.20 Å². The van der Waals surface area contributed by atoms with Crippen LogP contribution in [-0.4, -0.2) is 26.5 Å². The molecule has 0 atom stereocenters. The normalized spacial score (nSPS) is 10.6. The van der Waals surface area contributed by atoms with Crippen LogP contribution in [0.4, 0.5) is 5.00 Å². The zero-order chi connectivity index (χ0) is 13.2. The van der Waals surface area contributed by atoms with Gasteiger partial charge in [-0.1, -0.05) is 11.2 Å². The summed E-state index contributed by atoms with van der Waals surface area (Å²) in [6.07, 6.45) is 1.70. The van der Waals surface area contributed by atoms with Crippen molar-refractivity contribution in [2.75, 3.05) is 12.4 Å².